The van der Waals surface area contributed by atoms with Gasteiger partial charge in [0.2, 0.25) is 0 Å². The fraction of sp³-hybridized carbons (Fsp3) is 0.550. The highest BCUT2D eigenvalue weighted by Crippen LogP contribution is 2.34. The molecule has 1 aliphatic rings. The number of aromatic nitrogens is 4. The van der Waals surface area contributed by atoms with Gasteiger partial charge in [-0.15, -0.1) is 11.7 Å². The van der Waals surface area contributed by atoms with Gasteiger partial charge in [-0.1, -0.05) is 42.8 Å². The van der Waals surface area contributed by atoms with Gasteiger partial charge in [-0.25, -0.2) is 4.68 Å². The first-order valence-electron chi connectivity index (χ1n) is 9.58. The molecule has 1 aliphatic heterocycles. The average molecular weight is 389 g/mol. The van der Waals surface area contributed by atoms with Crippen LogP contribution in [0.15, 0.2) is 36.9 Å². The van der Waals surface area contributed by atoms with Crippen molar-refractivity contribution >= 4 is 11.6 Å². The van der Waals surface area contributed by atoms with E-state index in [4.69, 9.17) is 11.6 Å². The molecule has 27 heavy (non-hydrogen) atoms. The summed E-state index contributed by atoms with van der Waals surface area (Å²) in [5, 5.41) is 13.6. The molecule has 0 bridgehead atoms. The van der Waals surface area contributed by atoms with E-state index in [1.807, 2.05) is 29.0 Å². The molecule has 0 N–H and O–H groups in total. The molecule has 0 spiro atoms. The maximum Gasteiger partial charge on any atom is 0.173 e. The van der Waals surface area contributed by atoms with E-state index in [0.29, 0.717) is 0 Å². The fourth-order valence-electron chi connectivity index (χ4n) is 3.53. The van der Waals surface area contributed by atoms with Crippen LogP contribution in [0, 0.1) is 0 Å². The number of tetrazole rings is 1. The van der Waals surface area contributed by atoms with Gasteiger partial charge in [-0.05, 0) is 42.3 Å². The van der Waals surface area contributed by atoms with Gasteiger partial charge in [0.25, 0.3) is 0 Å². The molecule has 1 atom stereocenters. The summed E-state index contributed by atoms with van der Waals surface area (Å²) in [6, 6.07) is 7.95. The maximum atomic E-state index is 6.61. The summed E-state index contributed by atoms with van der Waals surface area (Å²) in [6.07, 6.45) is 2.90. The Morgan fingerprint density at radius 1 is 1.22 bits per heavy atom. The first-order chi connectivity index (χ1) is 13.0. The monoisotopic (exact) mass is 388 g/mol. The molecule has 0 unspecified atom stereocenters. The standard InChI is InChI=1S/C20H29ClN6/c1-5-11-25-12-14-26(15-13-25)18(16-9-7-8-10-17(16)21)19-22-23-24-27(19)20(3,4)6-2/h5,7-10,18H,1,6,11-15H2,2-4H3/t18-/m1/s1. The van der Waals surface area contributed by atoms with E-state index in [9.17, 15) is 0 Å². The largest absolute Gasteiger partial charge is 0.297 e. The molecule has 2 aromatic rings. The zero-order valence-electron chi connectivity index (χ0n) is 16.5. The lowest BCUT2D eigenvalue weighted by Crippen LogP contribution is -2.48. The van der Waals surface area contributed by atoms with Gasteiger partial charge in [0, 0.05) is 37.7 Å². The van der Waals surface area contributed by atoms with E-state index >= 15 is 0 Å². The molecule has 1 aromatic carbocycles. The van der Waals surface area contributed by atoms with E-state index in [-0.39, 0.29) is 11.6 Å². The zero-order valence-corrected chi connectivity index (χ0v) is 17.2. The lowest BCUT2D eigenvalue weighted by molar-refractivity contribution is 0.109. The van der Waals surface area contributed by atoms with Crippen LogP contribution < -0.4 is 0 Å². The molecular formula is C20H29ClN6. The quantitative estimate of drug-likeness (QED) is 0.680. The number of rotatable bonds is 7. The van der Waals surface area contributed by atoms with Crippen LogP contribution in [0.1, 0.15) is 44.6 Å². The first-order valence-corrected chi connectivity index (χ1v) is 9.96. The average Bonchev–Trinajstić information content (AvgIpc) is 3.15. The number of nitrogens with zero attached hydrogens (tertiary/aromatic N) is 6. The van der Waals surface area contributed by atoms with Crippen LogP contribution in [0.5, 0.6) is 0 Å². The van der Waals surface area contributed by atoms with Crippen LogP contribution in [0.25, 0.3) is 0 Å². The van der Waals surface area contributed by atoms with E-state index in [0.717, 1.165) is 55.6 Å². The molecular weight excluding hydrogens is 360 g/mol. The van der Waals surface area contributed by atoms with Gasteiger partial charge in [0.15, 0.2) is 5.82 Å². The molecule has 0 saturated carbocycles. The third-order valence-corrected chi connectivity index (χ3v) is 5.88. The minimum atomic E-state index is -0.164. The van der Waals surface area contributed by atoms with E-state index < -0.39 is 0 Å². The van der Waals surface area contributed by atoms with Crippen molar-refractivity contribution in [2.45, 2.75) is 38.8 Å². The zero-order chi connectivity index (χ0) is 19.4. The summed E-state index contributed by atoms with van der Waals surface area (Å²) < 4.78 is 1.97. The predicted molar refractivity (Wildman–Crippen MR) is 109 cm³/mol. The van der Waals surface area contributed by atoms with Gasteiger partial charge in [-0.3, -0.25) is 9.80 Å². The van der Waals surface area contributed by atoms with Gasteiger partial charge < -0.3 is 0 Å². The van der Waals surface area contributed by atoms with Crippen LogP contribution in [0.4, 0.5) is 0 Å². The fourth-order valence-corrected chi connectivity index (χ4v) is 3.77. The van der Waals surface area contributed by atoms with Crippen LogP contribution in [-0.2, 0) is 5.54 Å². The van der Waals surface area contributed by atoms with Gasteiger partial charge in [0.05, 0.1) is 11.6 Å². The third-order valence-electron chi connectivity index (χ3n) is 5.54. The van der Waals surface area contributed by atoms with Crippen LogP contribution in [-0.4, -0.2) is 62.7 Å². The predicted octanol–water partition coefficient (Wildman–Crippen LogP) is 3.36. The van der Waals surface area contributed by atoms with Gasteiger partial charge in [0.1, 0.15) is 0 Å². The topological polar surface area (TPSA) is 50.1 Å². The molecule has 3 rings (SSSR count). The Balaban J connectivity index is 1.99. The maximum absolute atomic E-state index is 6.61. The minimum absolute atomic E-state index is 0.0644. The molecule has 6 nitrogen and oxygen atoms in total. The SMILES string of the molecule is C=CCN1CCN([C@H](c2ccccc2Cl)c2nnnn2C(C)(C)CC)CC1. The Kier molecular flexibility index (Phi) is 6.29. The Morgan fingerprint density at radius 3 is 2.56 bits per heavy atom. The van der Waals surface area contributed by atoms with E-state index in [1.165, 1.54) is 0 Å². The number of hydrogen-bond donors (Lipinski definition) is 0. The van der Waals surface area contributed by atoms with Crippen molar-refractivity contribution in [3.8, 4) is 0 Å². The molecule has 2 heterocycles. The van der Waals surface area contributed by atoms with Crippen molar-refractivity contribution in [1.29, 1.82) is 0 Å². The summed E-state index contributed by atoms with van der Waals surface area (Å²) in [5.74, 6) is 0.854. The normalized spacial score (nSPS) is 17.8. The molecule has 0 amide bonds. The second-order valence-corrected chi connectivity index (χ2v) is 8.07. The summed E-state index contributed by atoms with van der Waals surface area (Å²) in [5.41, 5.74) is 0.891. The minimum Gasteiger partial charge on any atom is -0.297 e. The van der Waals surface area contributed by atoms with Gasteiger partial charge in [-0.2, -0.15) is 0 Å². The lowest BCUT2D eigenvalue weighted by Gasteiger charge is -2.39. The summed E-state index contributed by atoms with van der Waals surface area (Å²) >= 11 is 6.61. The lowest BCUT2D eigenvalue weighted by atomic mass is 9.99. The van der Waals surface area contributed by atoms with Crippen molar-refractivity contribution in [3.63, 3.8) is 0 Å². The molecule has 1 saturated heterocycles. The Labute approximate surface area is 166 Å². The number of halogens is 1. The molecule has 1 fully saturated rings. The van der Waals surface area contributed by atoms with E-state index in [2.05, 4.69) is 58.7 Å². The third kappa shape index (κ3) is 4.23. The summed E-state index contributed by atoms with van der Waals surface area (Å²) in [4.78, 5) is 4.85. The smallest absolute Gasteiger partial charge is 0.173 e. The van der Waals surface area contributed by atoms with Crippen molar-refractivity contribution in [2.24, 2.45) is 0 Å². The molecule has 1 aromatic heterocycles. The van der Waals surface area contributed by atoms with Crippen molar-refractivity contribution in [1.82, 2.24) is 30.0 Å². The van der Waals surface area contributed by atoms with Gasteiger partial charge >= 0.3 is 0 Å². The van der Waals surface area contributed by atoms with Crippen molar-refractivity contribution in [3.05, 3.63) is 53.3 Å². The Bertz CT molecular complexity index is 763. The second-order valence-electron chi connectivity index (χ2n) is 7.66. The number of benzene rings is 1. The highest BCUT2D eigenvalue weighted by molar-refractivity contribution is 6.31. The summed E-state index contributed by atoms with van der Waals surface area (Å²) in [7, 11) is 0. The van der Waals surface area contributed by atoms with Crippen LogP contribution >= 0.6 is 11.6 Å². The van der Waals surface area contributed by atoms with E-state index in [1.54, 1.807) is 0 Å². The van der Waals surface area contributed by atoms with Crippen LogP contribution in [0.2, 0.25) is 5.02 Å². The Hall–Kier alpha value is -1.76. The number of hydrogen-bond acceptors (Lipinski definition) is 5. The second kappa shape index (κ2) is 8.50. The molecule has 7 heteroatoms. The summed E-state index contributed by atoms with van der Waals surface area (Å²) in [6.45, 7) is 15.1. The molecule has 0 aliphatic carbocycles. The first kappa shape index (κ1) is 20.0. The van der Waals surface area contributed by atoms with Crippen molar-refractivity contribution < 1.29 is 0 Å². The highest BCUT2D eigenvalue weighted by Gasteiger charge is 2.34. The van der Waals surface area contributed by atoms with Crippen LogP contribution in [0.3, 0.4) is 0 Å². The van der Waals surface area contributed by atoms with Crippen molar-refractivity contribution in [2.75, 3.05) is 32.7 Å². The Morgan fingerprint density at radius 2 is 1.93 bits per heavy atom. The highest BCUT2D eigenvalue weighted by atomic mass is 35.5. The molecule has 146 valence electrons. The number of piperazine rings is 1. The molecule has 0 radical (unpaired) electrons.